The summed E-state index contributed by atoms with van der Waals surface area (Å²) in [5.74, 6) is -1.12. The summed E-state index contributed by atoms with van der Waals surface area (Å²) in [4.78, 5) is 52.8. The number of unbranched alkanes of at least 4 members (excludes halogenated alkanes) is 2. The molecule has 0 saturated carbocycles. The summed E-state index contributed by atoms with van der Waals surface area (Å²) in [5, 5.41) is 24.1. The number of rotatable bonds is 24. The molecule has 16 heteroatoms. The number of hydrogen-bond donors (Lipinski definition) is 2. The van der Waals surface area contributed by atoms with Crippen LogP contribution in [0.15, 0.2) is 117 Å². The lowest BCUT2D eigenvalue weighted by Crippen LogP contribution is -2.41. The molecule has 3 aromatic rings. The fourth-order valence-electron chi connectivity index (χ4n) is 5.61. The van der Waals surface area contributed by atoms with Crippen molar-refractivity contribution in [3.05, 3.63) is 107 Å². The van der Waals surface area contributed by atoms with E-state index in [1.807, 2.05) is 12.1 Å². The smallest absolute Gasteiger partial charge is 0.333 e. The van der Waals surface area contributed by atoms with Gasteiger partial charge in [-0.15, -0.1) is 0 Å². The highest BCUT2D eigenvalue weighted by molar-refractivity contribution is 8.25. The summed E-state index contributed by atoms with van der Waals surface area (Å²) in [6.45, 7) is 11.2. The Kier molecular flexibility index (Phi) is 17.7. The van der Waals surface area contributed by atoms with Gasteiger partial charge in [-0.1, -0.05) is 73.1 Å². The van der Waals surface area contributed by atoms with Crippen molar-refractivity contribution in [2.75, 3.05) is 62.9 Å². The molecule has 2 amide bonds. The zero-order valence-electron chi connectivity index (χ0n) is 33.7. The second-order valence-electron chi connectivity index (χ2n) is 13.8. The van der Waals surface area contributed by atoms with Crippen molar-refractivity contribution < 1.29 is 57.8 Å². The molecule has 2 heterocycles. The third-order valence-corrected chi connectivity index (χ3v) is 11.3. The average molecular weight is 863 g/mol. The number of carbonyl (C=O) groups is 4. The minimum absolute atomic E-state index is 0.00218. The van der Waals surface area contributed by atoms with Gasteiger partial charge in [0.05, 0.1) is 51.8 Å². The molecular weight excluding hydrogens is 813 g/mol. The SMILES string of the molecule is C=C(C)C(=O)OCCCCOCC(O)COc1ccc(OCC(O)COCCCCOC(=O)C(=C)C)c2c1SC(=C1C(=O)N(c3ccccc3)N(c3ccccc3)C1=O)S2. The molecule has 5 rings (SSSR count). The van der Waals surface area contributed by atoms with Gasteiger partial charge in [0.2, 0.25) is 0 Å². The highest BCUT2D eigenvalue weighted by Gasteiger charge is 2.46. The van der Waals surface area contributed by atoms with E-state index in [-0.39, 0.29) is 45.2 Å². The van der Waals surface area contributed by atoms with Crippen LogP contribution in [0.2, 0.25) is 0 Å². The molecule has 0 bridgehead atoms. The van der Waals surface area contributed by atoms with E-state index in [0.717, 1.165) is 0 Å². The van der Waals surface area contributed by atoms with Crippen molar-refractivity contribution in [3.8, 4) is 11.5 Å². The fourth-order valence-corrected chi connectivity index (χ4v) is 8.30. The first kappa shape index (κ1) is 46.0. The van der Waals surface area contributed by atoms with Crippen LogP contribution in [0, 0.1) is 0 Å². The van der Waals surface area contributed by atoms with E-state index in [1.54, 1.807) is 74.5 Å². The summed E-state index contributed by atoms with van der Waals surface area (Å²) >= 11 is 2.37. The second-order valence-corrected chi connectivity index (χ2v) is 16.1. The van der Waals surface area contributed by atoms with Gasteiger partial charge in [-0.05, 0) is 75.9 Å². The Labute approximate surface area is 358 Å². The van der Waals surface area contributed by atoms with Gasteiger partial charge in [0.25, 0.3) is 11.8 Å². The maximum atomic E-state index is 14.3. The van der Waals surface area contributed by atoms with Gasteiger partial charge < -0.3 is 38.6 Å². The number of nitrogens with zero attached hydrogens (tertiary/aromatic N) is 2. The van der Waals surface area contributed by atoms with E-state index in [9.17, 15) is 29.4 Å². The topological polar surface area (TPSA) is 171 Å². The number of anilines is 2. The summed E-state index contributed by atoms with van der Waals surface area (Å²) in [6, 6.07) is 21.2. The number of ether oxygens (including phenoxy) is 6. The van der Waals surface area contributed by atoms with Crippen molar-refractivity contribution in [2.45, 2.75) is 61.5 Å². The molecule has 2 aliphatic rings. The molecular formula is C44H50N2O12S2. The predicted octanol–water partition coefficient (Wildman–Crippen LogP) is 6.40. The Bertz CT molecular complexity index is 1890. The van der Waals surface area contributed by atoms with Crippen LogP contribution in [-0.2, 0) is 38.1 Å². The van der Waals surface area contributed by atoms with E-state index < -0.39 is 36.0 Å². The number of aliphatic hydroxyl groups excluding tert-OH is 2. The maximum Gasteiger partial charge on any atom is 0.333 e. The van der Waals surface area contributed by atoms with Crippen molar-refractivity contribution in [1.82, 2.24) is 0 Å². The highest BCUT2D eigenvalue weighted by atomic mass is 32.2. The number of para-hydroxylation sites is 2. The number of esters is 2. The molecule has 1 fully saturated rings. The molecule has 3 aromatic carbocycles. The number of aliphatic hydroxyl groups is 2. The average Bonchev–Trinajstić information content (AvgIpc) is 3.79. The summed E-state index contributed by atoms with van der Waals surface area (Å²) in [6.07, 6.45) is 0.468. The Morgan fingerprint density at radius 3 is 1.37 bits per heavy atom. The Balaban J connectivity index is 1.27. The van der Waals surface area contributed by atoms with Gasteiger partial charge in [-0.25, -0.2) is 19.6 Å². The molecule has 60 heavy (non-hydrogen) atoms. The van der Waals surface area contributed by atoms with E-state index in [2.05, 4.69) is 13.2 Å². The van der Waals surface area contributed by atoms with Crippen molar-refractivity contribution in [2.24, 2.45) is 0 Å². The van der Waals surface area contributed by atoms with E-state index in [0.29, 0.717) is 86.9 Å². The molecule has 0 aliphatic carbocycles. The van der Waals surface area contributed by atoms with Crippen molar-refractivity contribution in [1.29, 1.82) is 0 Å². The number of amides is 2. The molecule has 2 N–H and O–H groups in total. The number of hydrazine groups is 1. The number of thioether (sulfide) groups is 2. The number of benzene rings is 3. The van der Waals surface area contributed by atoms with Crippen LogP contribution >= 0.6 is 23.5 Å². The third kappa shape index (κ3) is 12.7. The number of carbonyl (C=O) groups excluding carboxylic acids is 4. The highest BCUT2D eigenvalue weighted by Crippen LogP contribution is 2.59. The van der Waals surface area contributed by atoms with Crippen LogP contribution in [0.5, 0.6) is 11.5 Å². The van der Waals surface area contributed by atoms with Crippen LogP contribution in [0.25, 0.3) is 0 Å². The van der Waals surface area contributed by atoms with Crippen molar-refractivity contribution in [3.63, 3.8) is 0 Å². The van der Waals surface area contributed by atoms with Crippen LogP contribution in [-0.4, -0.2) is 99.0 Å². The summed E-state index contributed by atoms with van der Waals surface area (Å²) in [5.41, 5.74) is 1.67. The first-order chi connectivity index (χ1) is 29.0. The quantitative estimate of drug-likeness (QED) is 0.0439. The van der Waals surface area contributed by atoms with Gasteiger partial charge in [0.1, 0.15) is 42.5 Å². The lowest BCUT2D eigenvalue weighted by atomic mass is 10.2. The normalized spacial score (nSPS) is 14.5. The maximum absolute atomic E-state index is 14.3. The molecule has 320 valence electrons. The lowest BCUT2D eigenvalue weighted by Gasteiger charge is -2.27. The van der Waals surface area contributed by atoms with E-state index in [1.165, 1.54) is 33.5 Å². The standard InChI is InChI=1S/C44H50N2O12S2/c1-29(2)42(51)55-23-13-11-21-53-25-33(47)27-57-35-19-20-36(58-28-34(48)26-54-22-12-14-24-56-43(52)30(3)4)39-38(35)59-44(60-39)37-40(49)45(31-15-7-5-8-16-31)46(41(37)50)32-17-9-6-10-18-32/h5-10,15-20,33-34,47-48H,1,3,11-14,21-28H2,2,4H3. The molecule has 0 aromatic heterocycles. The number of hydrogen-bond acceptors (Lipinski definition) is 14. The lowest BCUT2D eigenvalue weighted by molar-refractivity contribution is -0.140. The van der Waals surface area contributed by atoms with Crippen LogP contribution in [0.1, 0.15) is 39.5 Å². The fraction of sp³-hybridized carbons (Fsp3) is 0.364. The molecule has 2 aliphatic heterocycles. The zero-order chi connectivity index (χ0) is 43.0. The number of fused-ring (bicyclic) bond motifs is 1. The Morgan fingerprint density at radius 2 is 0.983 bits per heavy atom. The zero-order valence-corrected chi connectivity index (χ0v) is 35.3. The van der Waals surface area contributed by atoms with Crippen LogP contribution < -0.4 is 19.5 Å². The predicted molar refractivity (Wildman–Crippen MR) is 228 cm³/mol. The van der Waals surface area contributed by atoms with Crippen LogP contribution in [0.4, 0.5) is 11.4 Å². The monoisotopic (exact) mass is 862 g/mol. The van der Waals surface area contributed by atoms with E-state index >= 15 is 0 Å². The Morgan fingerprint density at radius 1 is 0.600 bits per heavy atom. The van der Waals surface area contributed by atoms with Gasteiger partial charge in [-0.3, -0.25) is 9.59 Å². The molecule has 1 saturated heterocycles. The molecule has 0 spiro atoms. The minimum Gasteiger partial charge on any atom is -0.490 e. The van der Waals surface area contributed by atoms with Gasteiger partial charge in [-0.2, -0.15) is 0 Å². The first-order valence-electron chi connectivity index (χ1n) is 19.4. The molecule has 0 radical (unpaired) electrons. The van der Waals surface area contributed by atoms with Gasteiger partial charge in [0.15, 0.2) is 0 Å². The molecule has 14 nitrogen and oxygen atoms in total. The van der Waals surface area contributed by atoms with Gasteiger partial charge in [0, 0.05) is 24.4 Å². The second kappa shape index (κ2) is 23.0. The molecule has 2 unspecified atom stereocenters. The van der Waals surface area contributed by atoms with Gasteiger partial charge >= 0.3 is 11.9 Å². The Hall–Kier alpha value is -5.10. The summed E-state index contributed by atoms with van der Waals surface area (Å²) < 4.78 is 34.0. The summed E-state index contributed by atoms with van der Waals surface area (Å²) in [7, 11) is 0. The largest absolute Gasteiger partial charge is 0.490 e. The van der Waals surface area contributed by atoms with Crippen molar-refractivity contribution >= 4 is 58.7 Å². The third-order valence-electron chi connectivity index (χ3n) is 8.66. The first-order valence-corrected chi connectivity index (χ1v) is 21.1. The molecule has 2 atom stereocenters. The minimum atomic E-state index is -0.979. The van der Waals surface area contributed by atoms with Crippen LogP contribution in [0.3, 0.4) is 0 Å². The van der Waals surface area contributed by atoms with E-state index in [4.69, 9.17) is 28.4 Å².